The summed E-state index contributed by atoms with van der Waals surface area (Å²) < 4.78 is 27.8. The van der Waals surface area contributed by atoms with Gasteiger partial charge in [-0.05, 0) is 42.9 Å². The Balaban J connectivity index is 2.06. The molecule has 0 bridgehead atoms. The molecule has 0 spiro atoms. The first-order valence-electron chi connectivity index (χ1n) is 9.69. The molecule has 6 nitrogen and oxygen atoms in total. The van der Waals surface area contributed by atoms with Crippen LogP contribution in [0.2, 0.25) is 0 Å². The van der Waals surface area contributed by atoms with E-state index in [1.54, 1.807) is 18.2 Å². The lowest BCUT2D eigenvalue weighted by molar-refractivity contribution is -0.125. The van der Waals surface area contributed by atoms with Gasteiger partial charge in [-0.3, -0.25) is 4.79 Å². The Morgan fingerprint density at radius 3 is 2.14 bits per heavy atom. The second-order valence-corrected chi connectivity index (χ2v) is 9.11. The average Bonchev–Trinajstić information content (AvgIpc) is 2.71. The van der Waals surface area contributed by atoms with E-state index in [-0.39, 0.29) is 10.8 Å². The van der Waals surface area contributed by atoms with Crippen LogP contribution in [0.5, 0.6) is 0 Å². The van der Waals surface area contributed by atoms with Crippen molar-refractivity contribution >= 4 is 22.2 Å². The highest BCUT2D eigenvalue weighted by Gasteiger charge is 2.27. The van der Waals surface area contributed by atoms with Gasteiger partial charge in [0.05, 0.1) is 10.9 Å². The van der Waals surface area contributed by atoms with E-state index >= 15 is 0 Å². The number of aryl methyl sites for hydroxylation is 1. The van der Waals surface area contributed by atoms with Crippen molar-refractivity contribution in [2.75, 3.05) is 0 Å². The molecule has 29 heavy (non-hydrogen) atoms. The summed E-state index contributed by atoms with van der Waals surface area (Å²) in [6.07, 6.45) is 2.09. The summed E-state index contributed by atoms with van der Waals surface area (Å²) in [5.74, 6) is -0.411. The fraction of sp³-hybridized carbons (Fsp3) is 0.364. The summed E-state index contributed by atoms with van der Waals surface area (Å²) in [5, 5.41) is 2.68. The van der Waals surface area contributed by atoms with Crippen LogP contribution < -0.4 is 10.0 Å². The van der Waals surface area contributed by atoms with Crippen LogP contribution in [-0.2, 0) is 26.0 Å². The van der Waals surface area contributed by atoms with Crippen molar-refractivity contribution in [2.45, 2.75) is 50.1 Å². The number of amides is 1. The molecule has 0 fully saturated rings. The molecule has 0 aliphatic heterocycles. The molecule has 0 radical (unpaired) electrons. The minimum atomic E-state index is -3.85. The lowest BCUT2D eigenvalue weighted by atomic mass is 10.0. The Bertz CT molecular complexity index is 884. The molecule has 0 saturated heterocycles. The molecular formula is C22H28N2O4S. The lowest BCUT2D eigenvalue weighted by Crippen LogP contribution is -2.50. The number of benzene rings is 2. The lowest BCUT2D eigenvalue weighted by Gasteiger charge is -2.22. The molecule has 0 heterocycles. The molecule has 0 aromatic heterocycles. The van der Waals surface area contributed by atoms with Crippen LogP contribution in [0.1, 0.15) is 32.3 Å². The maximum atomic E-state index is 12.8. The Morgan fingerprint density at radius 2 is 1.59 bits per heavy atom. The quantitative estimate of drug-likeness (QED) is 0.551. The molecule has 2 aromatic rings. The van der Waals surface area contributed by atoms with E-state index in [0.717, 1.165) is 5.56 Å². The number of carbonyl (C=O) groups excluding carboxylic acids is 2. The Morgan fingerprint density at radius 1 is 1.00 bits per heavy atom. The van der Waals surface area contributed by atoms with Crippen LogP contribution in [0.15, 0.2) is 65.6 Å². The second-order valence-electron chi connectivity index (χ2n) is 7.39. The van der Waals surface area contributed by atoms with Crippen LogP contribution in [0.25, 0.3) is 0 Å². The van der Waals surface area contributed by atoms with Gasteiger partial charge in [0.1, 0.15) is 12.3 Å². The summed E-state index contributed by atoms with van der Waals surface area (Å²) >= 11 is 0. The molecule has 0 aliphatic rings. The number of sulfonamides is 1. The molecule has 0 aliphatic carbocycles. The summed E-state index contributed by atoms with van der Waals surface area (Å²) in [7, 11) is -3.85. The molecule has 2 rings (SSSR count). The maximum absolute atomic E-state index is 12.8. The molecule has 2 aromatic carbocycles. The van der Waals surface area contributed by atoms with E-state index in [1.807, 2.05) is 44.2 Å². The van der Waals surface area contributed by atoms with E-state index < -0.39 is 28.0 Å². The second kappa shape index (κ2) is 10.9. The molecule has 156 valence electrons. The van der Waals surface area contributed by atoms with Crippen molar-refractivity contribution in [3.63, 3.8) is 0 Å². The van der Waals surface area contributed by atoms with E-state index in [1.165, 1.54) is 12.1 Å². The zero-order chi connectivity index (χ0) is 21.3. The number of carbonyl (C=O) groups is 2. The van der Waals surface area contributed by atoms with Gasteiger partial charge in [0, 0.05) is 0 Å². The molecule has 7 heteroatoms. The van der Waals surface area contributed by atoms with Gasteiger partial charge in [0.25, 0.3) is 0 Å². The monoisotopic (exact) mass is 416 g/mol. The number of hydrogen-bond acceptors (Lipinski definition) is 4. The Labute approximate surface area is 172 Å². The third-order valence-electron chi connectivity index (χ3n) is 4.45. The first-order valence-corrected chi connectivity index (χ1v) is 11.2. The Kier molecular flexibility index (Phi) is 8.54. The first kappa shape index (κ1) is 22.8. The minimum Gasteiger partial charge on any atom is -0.345 e. The summed E-state index contributed by atoms with van der Waals surface area (Å²) in [4.78, 5) is 24.3. The van der Waals surface area contributed by atoms with Crippen LogP contribution in [0.4, 0.5) is 0 Å². The molecule has 0 saturated carbocycles. The van der Waals surface area contributed by atoms with Gasteiger partial charge in [-0.1, -0.05) is 62.4 Å². The fourth-order valence-corrected chi connectivity index (χ4v) is 4.19. The van der Waals surface area contributed by atoms with Gasteiger partial charge in [-0.25, -0.2) is 8.42 Å². The Hall–Kier alpha value is -2.51. The van der Waals surface area contributed by atoms with Gasteiger partial charge in [0.15, 0.2) is 0 Å². The van der Waals surface area contributed by atoms with Crippen molar-refractivity contribution < 1.29 is 18.0 Å². The molecule has 2 N–H and O–H groups in total. The molecule has 2 atom stereocenters. The SMILES string of the molecule is CC(C)C[C@H](NS(=O)(=O)c1ccccc1)C(=O)N[C@H](C=O)CCc1ccccc1. The van der Waals surface area contributed by atoms with E-state index in [4.69, 9.17) is 0 Å². The predicted octanol–water partition coefficient (Wildman–Crippen LogP) is 2.70. The van der Waals surface area contributed by atoms with Crippen LogP contribution in [-0.4, -0.2) is 32.7 Å². The largest absolute Gasteiger partial charge is 0.345 e. The number of nitrogens with one attached hydrogen (secondary N) is 2. The summed E-state index contributed by atoms with van der Waals surface area (Å²) in [6.45, 7) is 3.81. The smallest absolute Gasteiger partial charge is 0.241 e. The van der Waals surface area contributed by atoms with Gasteiger partial charge in [-0.2, -0.15) is 4.72 Å². The third kappa shape index (κ3) is 7.44. The van der Waals surface area contributed by atoms with E-state index in [0.29, 0.717) is 25.5 Å². The molecule has 0 unspecified atom stereocenters. The van der Waals surface area contributed by atoms with E-state index in [2.05, 4.69) is 10.0 Å². The minimum absolute atomic E-state index is 0.0863. The fourth-order valence-electron chi connectivity index (χ4n) is 2.96. The normalized spacial score (nSPS) is 13.6. The highest BCUT2D eigenvalue weighted by molar-refractivity contribution is 7.89. The van der Waals surface area contributed by atoms with Crippen LogP contribution >= 0.6 is 0 Å². The topological polar surface area (TPSA) is 92.3 Å². The van der Waals surface area contributed by atoms with Crippen molar-refractivity contribution in [1.29, 1.82) is 0 Å². The van der Waals surface area contributed by atoms with Crippen molar-refractivity contribution in [2.24, 2.45) is 5.92 Å². The van der Waals surface area contributed by atoms with Crippen LogP contribution in [0.3, 0.4) is 0 Å². The van der Waals surface area contributed by atoms with Gasteiger partial charge >= 0.3 is 0 Å². The van der Waals surface area contributed by atoms with Crippen LogP contribution in [0, 0.1) is 5.92 Å². The van der Waals surface area contributed by atoms with E-state index in [9.17, 15) is 18.0 Å². The zero-order valence-electron chi connectivity index (χ0n) is 16.7. The van der Waals surface area contributed by atoms with Crippen molar-refractivity contribution in [3.05, 3.63) is 66.2 Å². The zero-order valence-corrected chi connectivity index (χ0v) is 17.6. The van der Waals surface area contributed by atoms with Gasteiger partial charge in [-0.15, -0.1) is 0 Å². The van der Waals surface area contributed by atoms with Crippen molar-refractivity contribution in [1.82, 2.24) is 10.0 Å². The highest BCUT2D eigenvalue weighted by atomic mass is 32.2. The predicted molar refractivity (Wildman–Crippen MR) is 113 cm³/mol. The summed E-state index contributed by atoms with van der Waals surface area (Å²) in [5.41, 5.74) is 1.07. The highest BCUT2D eigenvalue weighted by Crippen LogP contribution is 2.13. The van der Waals surface area contributed by atoms with Gasteiger partial charge < -0.3 is 10.1 Å². The number of rotatable bonds is 11. The molecule has 1 amide bonds. The maximum Gasteiger partial charge on any atom is 0.241 e. The number of hydrogen-bond donors (Lipinski definition) is 2. The number of aldehydes is 1. The van der Waals surface area contributed by atoms with Gasteiger partial charge in [0.2, 0.25) is 15.9 Å². The first-order chi connectivity index (χ1) is 13.8. The van der Waals surface area contributed by atoms with Crippen molar-refractivity contribution in [3.8, 4) is 0 Å². The third-order valence-corrected chi connectivity index (χ3v) is 5.94. The summed E-state index contributed by atoms with van der Waals surface area (Å²) in [6, 6.07) is 15.9. The molecular weight excluding hydrogens is 388 g/mol. The standard InChI is InChI=1S/C22H28N2O4S/c1-17(2)15-21(24-29(27,28)20-11-7-4-8-12-20)22(26)23-19(16-25)14-13-18-9-5-3-6-10-18/h3-12,16-17,19,21,24H,13-15H2,1-2H3,(H,23,26)/t19-,21-/m0/s1. The average molecular weight is 417 g/mol.